The maximum atomic E-state index is 12.8. The van der Waals surface area contributed by atoms with Crippen LogP contribution < -0.4 is 21.5 Å². The van der Waals surface area contributed by atoms with Gasteiger partial charge in [-0.3, -0.25) is 9.59 Å². The van der Waals surface area contributed by atoms with E-state index in [0.29, 0.717) is 33.1 Å². The lowest BCUT2D eigenvalue weighted by Crippen LogP contribution is -2.32. The Morgan fingerprint density at radius 1 is 1.35 bits per heavy atom. The fourth-order valence-electron chi connectivity index (χ4n) is 2.92. The maximum Gasteiger partial charge on any atom is 0.348 e. The zero-order chi connectivity index (χ0) is 22.7. The van der Waals surface area contributed by atoms with Crippen molar-refractivity contribution >= 4 is 50.9 Å². The Morgan fingerprint density at radius 2 is 2.10 bits per heavy atom. The van der Waals surface area contributed by atoms with Crippen LogP contribution in [0.2, 0.25) is 0 Å². The molecule has 9 nitrogen and oxygen atoms in total. The second-order valence-corrected chi connectivity index (χ2v) is 8.70. The van der Waals surface area contributed by atoms with Crippen molar-refractivity contribution in [3.05, 3.63) is 45.1 Å². The number of nitrogens with one attached hydrogen (secondary N) is 1. The second-order valence-electron chi connectivity index (χ2n) is 6.53. The topological polar surface area (TPSA) is 126 Å². The molecule has 11 heteroatoms. The number of thioether (sulfide) groups is 1. The molecule has 164 valence electrons. The summed E-state index contributed by atoms with van der Waals surface area (Å²) in [5.74, 6) is 5.81. The van der Waals surface area contributed by atoms with Gasteiger partial charge in [0.25, 0.3) is 5.56 Å². The Labute approximate surface area is 186 Å². The van der Waals surface area contributed by atoms with Crippen LogP contribution >= 0.6 is 23.1 Å². The number of aryl methyl sites for hydroxylation is 1. The van der Waals surface area contributed by atoms with Gasteiger partial charge in [0.1, 0.15) is 15.5 Å². The van der Waals surface area contributed by atoms with Crippen molar-refractivity contribution in [2.24, 2.45) is 0 Å². The molecule has 0 aliphatic rings. The minimum atomic E-state index is -0.550. The first-order valence-corrected chi connectivity index (χ1v) is 11.0. The van der Waals surface area contributed by atoms with Gasteiger partial charge in [0.15, 0.2) is 5.16 Å². The third-order valence-corrected chi connectivity index (χ3v) is 7.08. The van der Waals surface area contributed by atoms with E-state index in [0.717, 1.165) is 27.8 Å². The normalized spacial score (nSPS) is 11.9. The number of nitrogens with zero attached hydrogens (tertiary/aromatic N) is 2. The van der Waals surface area contributed by atoms with E-state index in [1.165, 1.54) is 7.11 Å². The van der Waals surface area contributed by atoms with E-state index in [2.05, 4.69) is 10.3 Å². The van der Waals surface area contributed by atoms with Gasteiger partial charge in [-0.15, -0.1) is 11.3 Å². The number of rotatable bonds is 7. The zero-order valence-corrected chi connectivity index (χ0v) is 19.1. The largest absolute Gasteiger partial charge is 0.497 e. The summed E-state index contributed by atoms with van der Waals surface area (Å²) < 4.78 is 10.9. The van der Waals surface area contributed by atoms with Crippen molar-refractivity contribution in [2.75, 3.05) is 25.4 Å². The van der Waals surface area contributed by atoms with E-state index in [1.807, 2.05) is 6.92 Å². The summed E-state index contributed by atoms with van der Waals surface area (Å²) in [5, 5.41) is 2.74. The lowest BCUT2D eigenvalue weighted by Gasteiger charge is -2.16. The summed E-state index contributed by atoms with van der Waals surface area (Å²) in [6.45, 7) is 3.50. The minimum absolute atomic E-state index is 0.183. The van der Waals surface area contributed by atoms with Crippen molar-refractivity contribution in [1.29, 1.82) is 0 Å². The van der Waals surface area contributed by atoms with Gasteiger partial charge in [-0.05, 0) is 31.0 Å². The molecular weight excluding hydrogens is 440 g/mol. The molecule has 0 spiro atoms. The number of fused-ring (bicyclic) bond motifs is 1. The highest BCUT2D eigenvalue weighted by molar-refractivity contribution is 8.00. The summed E-state index contributed by atoms with van der Waals surface area (Å²) in [4.78, 5) is 42.7. The van der Waals surface area contributed by atoms with Gasteiger partial charge in [0.05, 0.1) is 24.9 Å². The van der Waals surface area contributed by atoms with E-state index >= 15 is 0 Å². The zero-order valence-electron chi connectivity index (χ0n) is 17.4. The van der Waals surface area contributed by atoms with Gasteiger partial charge in [0.2, 0.25) is 5.91 Å². The number of hydrogen-bond donors (Lipinski definition) is 2. The van der Waals surface area contributed by atoms with E-state index in [9.17, 15) is 14.4 Å². The molecule has 1 amide bonds. The van der Waals surface area contributed by atoms with Gasteiger partial charge < -0.3 is 20.6 Å². The van der Waals surface area contributed by atoms with Crippen LogP contribution in [0.25, 0.3) is 10.2 Å². The fourth-order valence-corrected chi connectivity index (χ4v) is 5.00. The molecule has 0 aliphatic heterocycles. The molecule has 2 heterocycles. The number of carbonyl (C=O) groups is 2. The van der Waals surface area contributed by atoms with Crippen LogP contribution in [0.5, 0.6) is 5.75 Å². The number of aromatic nitrogens is 2. The number of nitrogens with two attached hydrogens (primary N) is 1. The van der Waals surface area contributed by atoms with Gasteiger partial charge in [-0.2, -0.15) is 0 Å². The highest BCUT2D eigenvalue weighted by Crippen LogP contribution is 2.31. The number of thiophene rings is 1. The van der Waals surface area contributed by atoms with Crippen LogP contribution in [0, 0.1) is 6.92 Å². The molecule has 0 fully saturated rings. The van der Waals surface area contributed by atoms with E-state index in [4.69, 9.17) is 15.3 Å². The lowest BCUT2D eigenvalue weighted by molar-refractivity contribution is -0.115. The molecule has 3 N–H and O–H groups in total. The van der Waals surface area contributed by atoms with Crippen molar-refractivity contribution in [3.63, 3.8) is 0 Å². The highest BCUT2D eigenvalue weighted by atomic mass is 32.2. The monoisotopic (exact) mass is 462 g/mol. The number of benzene rings is 1. The molecule has 0 radical (unpaired) electrons. The molecule has 0 bridgehead atoms. The summed E-state index contributed by atoms with van der Waals surface area (Å²) in [6.07, 6.45) is 0.477. The Kier molecular flexibility index (Phi) is 6.86. The summed E-state index contributed by atoms with van der Waals surface area (Å²) in [5.41, 5.74) is 0.580. The van der Waals surface area contributed by atoms with Gasteiger partial charge in [0, 0.05) is 11.8 Å². The first-order chi connectivity index (χ1) is 14.8. The van der Waals surface area contributed by atoms with Crippen LogP contribution in [0.3, 0.4) is 0 Å². The molecule has 3 rings (SSSR count). The number of carbonyl (C=O) groups excluding carboxylic acids is 2. The lowest BCUT2D eigenvalue weighted by atomic mass is 10.2. The minimum Gasteiger partial charge on any atom is -0.497 e. The standard InChI is InChI=1S/C20H22N4O5S2/c1-5-13(16(25)22-11-7-6-8-12(9-11)28-3)30-20-23-17-14(18(26)24(20)21)10(2)15(31-17)19(27)29-4/h6-9,13H,5,21H2,1-4H3,(H,22,25)/t13-/m1/s1. The molecule has 1 atom stereocenters. The quantitative estimate of drug-likeness (QED) is 0.238. The van der Waals surface area contributed by atoms with Crippen molar-refractivity contribution in [1.82, 2.24) is 9.66 Å². The number of amides is 1. The first-order valence-electron chi connectivity index (χ1n) is 9.31. The molecule has 3 aromatic rings. The predicted octanol–water partition coefficient (Wildman–Crippen LogP) is 2.78. The van der Waals surface area contributed by atoms with Gasteiger partial charge >= 0.3 is 5.97 Å². The SMILES string of the molecule is CC[C@@H](Sc1nc2sc(C(=O)OC)c(C)c2c(=O)n1N)C(=O)Nc1cccc(OC)c1. The number of hydrogen-bond acceptors (Lipinski definition) is 9. The number of ether oxygens (including phenoxy) is 2. The van der Waals surface area contributed by atoms with Crippen molar-refractivity contribution < 1.29 is 19.1 Å². The molecule has 0 unspecified atom stereocenters. The van der Waals surface area contributed by atoms with Gasteiger partial charge in [-0.1, -0.05) is 24.8 Å². The van der Waals surface area contributed by atoms with E-state index < -0.39 is 16.8 Å². The van der Waals surface area contributed by atoms with Crippen LogP contribution in [0.1, 0.15) is 28.6 Å². The van der Waals surface area contributed by atoms with Crippen LogP contribution in [-0.4, -0.2) is 41.0 Å². The van der Waals surface area contributed by atoms with Crippen LogP contribution in [-0.2, 0) is 9.53 Å². The number of nitrogen functional groups attached to an aromatic ring is 1. The Morgan fingerprint density at radius 3 is 2.74 bits per heavy atom. The number of methoxy groups -OCH3 is 2. The maximum absolute atomic E-state index is 12.8. The molecule has 2 aromatic heterocycles. The van der Waals surface area contributed by atoms with Gasteiger partial charge in [-0.25, -0.2) is 14.5 Å². The molecule has 0 aliphatic carbocycles. The van der Waals surface area contributed by atoms with Crippen molar-refractivity contribution in [3.8, 4) is 5.75 Å². The fraction of sp³-hybridized carbons (Fsp3) is 0.300. The molecular formula is C20H22N4O5S2. The Hall–Kier alpha value is -3.05. The third kappa shape index (κ3) is 4.52. The molecule has 0 saturated carbocycles. The average molecular weight is 463 g/mol. The second kappa shape index (κ2) is 9.40. The predicted molar refractivity (Wildman–Crippen MR) is 122 cm³/mol. The number of anilines is 1. The summed E-state index contributed by atoms with van der Waals surface area (Å²) in [6, 6.07) is 7.01. The smallest absolute Gasteiger partial charge is 0.348 e. The molecule has 31 heavy (non-hydrogen) atoms. The summed E-state index contributed by atoms with van der Waals surface area (Å²) in [7, 11) is 2.82. The Bertz CT molecular complexity index is 1200. The Balaban J connectivity index is 1.91. The summed E-state index contributed by atoms with van der Waals surface area (Å²) >= 11 is 2.15. The highest BCUT2D eigenvalue weighted by Gasteiger charge is 2.25. The molecule has 0 saturated heterocycles. The first kappa shape index (κ1) is 22.6. The van der Waals surface area contributed by atoms with Crippen LogP contribution in [0.4, 0.5) is 5.69 Å². The van der Waals surface area contributed by atoms with E-state index in [-0.39, 0.29) is 16.4 Å². The average Bonchev–Trinajstić information content (AvgIpc) is 3.10. The number of esters is 1. The van der Waals surface area contributed by atoms with Crippen molar-refractivity contribution in [2.45, 2.75) is 30.7 Å². The van der Waals surface area contributed by atoms with Crippen LogP contribution in [0.15, 0.2) is 34.2 Å². The van der Waals surface area contributed by atoms with E-state index in [1.54, 1.807) is 38.3 Å². The third-order valence-electron chi connectivity index (χ3n) is 4.58. The molecule has 1 aromatic carbocycles.